The molecule has 0 fully saturated rings. The number of hydrogen-bond acceptors (Lipinski definition) is 3. The first-order valence-electron chi connectivity index (χ1n) is 7.64. The van der Waals surface area contributed by atoms with Gasteiger partial charge in [-0.2, -0.15) is 0 Å². The number of aryl methyl sites for hydroxylation is 1. The Morgan fingerprint density at radius 3 is 2.57 bits per heavy atom. The summed E-state index contributed by atoms with van der Waals surface area (Å²) in [6, 6.07) is 5.55. The van der Waals surface area contributed by atoms with E-state index in [1.54, 1.807) is 0 Å². The molecule has 21 heavy (non-hydrogen) atoms. The van der Waals surface area contributed by atoms with Gasteiger partial charge in [0.2, 0.25) is 5.91 Å². The molecular formula is C17H28N2O2. The zero-order valence-corrected chi connectivity index (χ0v) is 13.8. The maximum Gasteiger partial charge on any atom is 0.237 e. The number of carbonyl (C=O) groups excluding carboxylic acids is 1. The molecule has 1 aromatic rings. The Labute approximate surface area is 128 Å². The summed E-state index contributed by atoms with van der Waals surface area (Å²) in [5, 5.41) is 2.89. The average molecular weight is 292 g/mol. The summed E-state index contributed by atoms with van der Waals surface area (Å²) in [6.07, 6.45) is 1.09. The maximum absolute atomic E-state index is 11.9. The molecule has 0 heterocycles. The van der Waals surface area contributed by atoms with Gasteiger partial charge in [-0.25, -0.2) is 0 Å². The summed E-state index contributed by atoms with van der Waals surface area (Å²) in [6.45, 7) is 10.5. The lowest BCUT2D eigenvalue weighted by atomic mass is 10.0. The SMILES string of the molecule is CCC(C)Oc1cc(C)ccc1CNC(=O)[C@@H](N)C(C)C. The van der Waals surface area contributed by atoms with Crippen LogP contribution in [0.15, 0.2) is 18.2 Å². The number of carbonyl (C=O) groups is 1. The normalized spacial score (nSPS) is 13.9. The fraction of sp³-hybridized carbons (Fsp3) is 0.588. The van der Waals surface area contributed by atoms with Gasteiger partial charge >= 0.3 is 0 Å². The molecular weight excluding hydrogens is 264 g/mol. The van der Waals surface area contributed by atoms with Crippen LogP contribution >= 0.6 is 0 Å². The monoisotopic (exact) mass is 292 g/mol. The first-order chi connectivity index (χ1) is 9.85. The fourth-order valence-corrected chi connectivity index (χ4v) is 1.82. The minimum absolute atomic E-state index is 0.124. The second-order valence-electron chi connectivity index (χ2n) is 5.94. The first-order valence-corrected chi connectivity index (χ1v) is 7.64. The van der Waals surface area contributed by atoms with Gasteiger partial charge in [-0.15, -0.1) is 0 Å². The van der Waals surface area contributed by atoms with Gasteiger partial charge in [0, 0.05) is 12.1 Å². The lowest BCUT2D eigenvalue weighted by Gasteiger charge is -2.19. The Morgan fingerprint density at radius 2 is 2.00 bits per heavy atom. The molecule has 0 aromatic heterocycles. The van der Waals surface area contributed by atoms with Crippen LogP contribution in [0.25, 0.3) is 0 Å². The summed E-state index contributed by atoms with van der Waals surface area (Å²) in [7, 11) is 0. The van der Waals surface area contributed by atoms with Gasteiger partial charge in [0.25, 0.3) is 0 Å². The molecule has 1 aromatic carbocycles. The van der Waals surface area contributed by atoms with Gasteiger partial charge in [0.1, 0.15) is 5.75 Å². The van der Waals surface area contributed by atoms with Crippen LogP contribution in [-0.4, -0.2) is 18.1 Å². The number of hydrogen-bond donors (Lipinski definition) is 2. The predicted molar refractivity (Wildman–Crippen MR) is 86.2 cm³/mol. The molecule has 1 amide bonds. The van der Waals surface area contributed by atoms with Crippen molar-refractivity contribution in [1.82, 2.24) is 5.32 Å². The zero-order chi connectivity index (χ0) is 16.0. The molecule has 0 bridgehead atoms. The van der Waals surface area contributed by atoms with E-state index in [0.717, 1.165) is 23.3 Å². The highest BCUT2D eigenvalue weighted by molar-refractivity contribution is 5.81. The summed E-state index contributed by atoms with van der Waals surface area (Å²) in [5.74, 6) is 0.835. The van der Waals surface area contributed by atoms with Crippen LogP contribution in [-0.2, 0) is 11.3 Å². The molecule has 3 N–H and O–H groups in total. The van der Waals surface area contributed by atoms with Crippen molar-refractivity contribution in [3.05, 3.63) is 29.3 Å². The van der Waals surface area contributed by atoms with Crippen LogP contribution in [0.5, 0.6) is 5.75 Å². The zero-order valence-electron chi connectivity index (χ0n) is 13.8. The van der Waals surface area contributed by atoms with E-state index in [4.69, 9.17) is 10.5 Å². The van der Waals surface area contributed by atoms with Crippen molar-refractivity contribution in [2.45, 2.75) is 59.7 Å². The van der Waals surface area contributed by atoms with Crippen molar-refractivity contribution in [2.24, 2.45) is 11.7 Å². The van der Waals surface area contributed by atoms with Crippen molar-refractivity contribution in [3.8, 4) is 5.75 Å². The van der Waals surface area contributed by atoms with Crippen LogP contribution in [0, 0.1) is 12.8 Å². The highest BCUT2D eigenvalue weighted by Crippen LogP contribution is 2.22. The second-order valence-corrected chi connectivity index (χ2v) is 5.94. The summed E-state index contributed by atoms with van der Waals surface area (Å²) >= 11 is 0. The lowest BCUT2D eigenvalue weighted by Crippen LogP contribution is -2.43. The van der Waals surface area contributed by atoms with Crippen LogP contribution in [0.4, 0.5) is 0 Å². The minimum Gasteiger partial charge on any atom is -0.490 e. The van der Waals surface area contributed by atoms with E-state index in [-0.39, 0.29) is 17.9 Å². The van der Waals surface area contributed by atoms with E-state index in [1.807, 2.05) is 45.9 Å². The van der Waals surface area contributed by atoms with Crippen molar-refractivity contribution < 1.29 is 9.53 Å². The molecule has 4 nitrogen and oxygen atoms in total. The smallest absolute Gasteiger partial charge is 0.237 e. The van der Waals surface area contributed by atoms with Gasteiger partial charge in [-0.05, 0) is 37.8 Å². The van der Waals surface area contributed by atoms with E-state index in [2.05, 4.69) is 12.2 Å². The van der Waals surface area contributed by atoms with Crippen molar-refractivity contribution in [2.75, 3.05) is 0 Å². The Balaban J connectivity index is 2.76. The third kappa shape index (κ3) is 5.38. The predicted octanol–water partition coefficient (Wildman–Crippen LogP) is 2.77. The van der Waals surface area contributed by atoms with Gasteiger partial charge in [0.05, 0.1) is 12.1 Å². The molecule has 0 aliphatic carbocycles. The van der Waals surface area contributed by atoms with E-state index in [9.17, 15) is 4.79 Å². The van der Waals surface area contributed by atoms with E-state index in [1.165, 1.54) is 0 Å². The first kappa shape index (κ1) is 17.5. The number of benzene rings is 1. The van der Waals surface area contributed by atoms with Crippen LogP contribution in [0.1, 0.15) is 45.2 Å². The third-order valence-corrected chi connectivity index (χ3v) is 3.60. The summed E-state index contributed by atoms with van der Waals surface area (Å²) in [4.78, 5) is 11.9. The summed E-state index contributed by atoms with van der Waals surface area (Å²) < 4.78 is 5.93. The second kappa shape index (κ2) is 8.03. The van der Waals surface area contributed by atoms with E-state index < -0.39 is 6.04 Å². The number of nitrogens with one attached hydrogen (secondary N) is 1. The van der Waals surface area contributed by atoms with Crippen LogP contribution < -0.4 is 15.8 Å². The molecule has 1 rings (SSSR count). The molecule has 0 saturated carbocycles. The number of rotatable bonds is 7. The molecule has 1 unspecified atom stereocenters. The van der Waals surface area contributed by atoms with Gasteiger partial charge < -0.3 is 15.8 Å². The third-order valence-electron chi connectivity index (χ3n) is 3.60. The highest BCUT2D eigenvalue weighted by atomic mass is 16.5. The highest BCUT2D eigenvalue weighted by Gasteiger charge is 2.17. The number of amides is 1. The van der Waals surface area contributed by atoms with E-state index in [0.29, 0.717) is 6.54 Å². The molecule has 118 valence electrons. The number of nitrogens with two attached hydrogens (primary N) is 1. The topological polar surface area (TPSA) is 64.3 Å². The van der Waals surface area contributed by atoms with Gasteiger partial charge in [-0.1, -0.05) is 32.9 Å². The Morgan fingerprint density at radius 1 is 1.33 bits per heavy atom. The van der Waals surface area contributed by atoms with Gasteiger partial charge in [-0.3, -0.25) is 4.79 Å². The van der Waals surface area contributed by atoms with Crippen molar-refractivity contribution in [1.29, 1.82) is 0 Å². The minimum atomic E-state index is -0.477. The quantitative estimate of drug-likeness (QED) is 0.812. The Bertz CT molecular complexity index is 472. The maximum atomic E-state index is 11.9. The summed E-state index contributed by atoms with van der Waals surface area (Å²) in [5.41, 5.74) is 7.96. The van der Waals surface area contributed by atoms with Crippen LogP contribution in [0.3, 0.4) is 0 Å². The van der Waals surface area contributed by atoms with Crippen molar-refractivity contribution in [3.63, 3.8) is 0 Å². The Kier molecular flexibility index (Phi) is 6.69. The Hall–Kier alpha value is -1.55. The molecule has 0 aliphatic heterocycles. The van der Waals surface area contributed by atoms with Crippen LogP contribution in [0.2, 0.25) is 0 Å². The van der Waals surface area contributed by atoms with Gasteiger partial charge in [0.15, 0.2) is 0 Å². The molecule has 2 atom stereocenters. The average Bonchev–Trinajstić information content (AvgIpc) is 2.44. The molecule has 0 saturated heterocycles. The molecule has 4 heteroatoms. The fourth-order valence-electron chi connectivity index (χ4n) is 1.82. The van der Waals surface area contributed by atoms with Crippen molar-refractivity contribution >= 4 is 5.91 Å². The molecule has 0 spiro atoms. The molecule has 0 aliphatic rings. The standard InChI is InChI=1S/C17H28N2O2/c1-6-13(5)21-15-9-12(4)7-8-14(15)10-19-17(20)16(18)11(2)3/h7-9,11,13,16H,6,10,18H2,1-5H3,(H,19,20)/t13?,16-/m0/s1. The molecule has 0 radical (unpaired) electrons. The number of ether oxygens (including phenoxy) is 1. The lowest BCUT2D eigenvalue weighted by molar-refractivity contribution is -0.123. The largest absolute Gasteiger partial charge is 0.490 e. The van der Waals surface area contributed by atoms with E-state index >= 15 is 0 Å².